The van der Waals surface area contributed by atoms with E-state index in [1.165, 1.54) is 0 Å². The van der Waals surface area contributed by atoms with E-state index in [0.717, 1.165) is 23.0 Å². The maximum Gasteiger partial charge on any atom is 0.145 e. The van der Waals surface area contributed by atoms with Crippen molar-refractivity contribution in [2.45, 2.75) is 38.8 Å². The van der Waals surface area contributed by atoms with Gasteiger partial charge in [0.05, 0.1) is 10.0 Å². The van der Waals surface area contributed by atoms with Gasteiger partial charge in [-0.2, -0.15) is 0 Å². The molecule has 1 aliphatic rings. The van der Waals surface area contributed by atoms with Gasteiger partial charge in [-0.15, -0.1) is 0 Å². The minimum absolute atomic E-state index is 0.163. The average Bonchev–Trinajstić information content (AvgIpc) is 2.25. The standard InChI is InChI=1S/C13H16BrCl2NO/c1-4-17-9-6-13(2,3)18-12-8(15)5-7(14)11(16)10(9)12/h5,9,17H,4,6H2,1-3H3. The molecular weight excluding hydrogens is 337 g/mol. The average molecular weight is 353 g/mol. The van der Waals surface area contributed by atoms with Crippen molar-refractivity contribution in [3.8, 4) is 5.75 Å². The van der Waals surface area contributed by atoms with Crippen LogP contribution in [0.3, 0.4) is 0 Å². The Balaban J connectivity index is 2.59. The molecule has 0 saturated carbocycles. The van der Waals surface area contributed by atoms with Gasteiger partial charge in [-0.1, -0.05) is 30.1 Å². The number of benzene rings is 1. The van der Waals surface area contributed by atoms with E-state index in [1.54, 1.807) is 6.07 Å². The minimum atomic E-state index is -0.249. The predicted molar refractivity (Wildman–Crippen MR) is 79.9 cm³/mol. The highest BCUT2D eigenvalue weighted by Crippen LogP contribution is 2.49. The van der Waals surface area contributed by atoms with Gasteiger partial charge < -0.3 is 10.1 Å². The number of halogens is 3. The largest absolute Gasteiger partial charge is 0.486 e. The van der Waals surface area contributed by atoms with Crippen LogP contribution in [0.4, 0.5) is 0 Å². The third kappa shape index (κ3) is 2.64. The topological polar surface area (TPSA) is 21.3 Å². The van der Waals surface area contributed by atoms with E-state index < -0.39 is 0 Å². The van der Waals surface area contributed by atoms with Crippen molar-refractivity contribution in [3.63, 3.8) is 0 Å². The summed E-state index contributed by atoms with van der Waals surface area (Å²) < 4.78 is 6.79. The summed E-state index contributed by atoms with van der Waals surface area (Å²) in [4.78, 5) is 0. The molecule has 1 unspecified atom stereocenters. The number of hydrogen-bond acceptors (Lipinski definition) is 2. The summed E-state index contributed by atoms with van der Waals surface area (Å²) in [5.41, 5.74) is 0.706. The summed E-state index contributed by atoms with van der Waals surface area (Å²) in [5, 5.41) is 4.72. The van der Waals surface area contributed by atoms with Gasteiger partial charge in [0, 0.05) is 22.5 Å². The number of fused-ring (bicyclic) bond motifs is 1. The fourth-order valence-corrected chi connectivity index (χ4v) is 3.44. The Kier molecular flexibility index (Phi) is 4.17. The molecule has 0 fully saturated rings. The highest BCUT2D eigenvalue weighted by molar-refractivity contribution is 9.10. The lowest BCUT2D eigenvalue weighted by atomic mass is 9.89. The Morgan fingerprint density at radius 2 is 2.17 bits per heavy atom. The second-order valence-electron chi connectivity index (χ2n) is 5.07. The molecule has 0 spiro atoms. The number of ether oxygens (including phenoxy) is 1. The van der Waals surface area contributed by atoms with Crippen LogP contribution in [0.2, 0.25) is 10.0 Å². The first kappa shape index (κ1) is 14.4. The van der Waals surface area contributed by atoms with Crippen LogP contribution >= 0.6 is 39.1 Å². The van der Waals surface area contributed by atoms with Crippen LogP contribution < -0.4 is 10.1 Å². The molecule has 18 heavy (non-hydrogen) atoms. The maximum atomic E-state index is 6.38. The van der Waals surface area contributed by atoms with Crippen LogP contribution in [0, 0.1) is 0 Å². The van der Waals surface area contributed by atoms with E-state index in [-0.39, 0.29) is 11.6 Å². The van der Waals surface area contributed by atoms with Crippen LogP contribution in [0.25, 0.3) is 0 Å². The molecule has 1 N–H and O–H groups in total. The summed E-state index contributed by atoms with van der Waals surface area (Å²) >= 11 is 16.1. The van der Waals surface area contributed by atoms with Crippen molar-refractivity contribution >= 4 is 39.1 Å². The smallest absolute Gasteiger partial charge is 0.145 e. The zero-order chi connectivity index (χ0) is 13.5. The van der Waals surface area contributed by atoms with Gasteiger partial charge in [0.25, 0.3) is 0 Å². The molecule has 5 heteroatoms. The molecule has 100 valence electrons. The minimum Gasteiger partial charge on any atom is -0.486 e. The van der Waals surface area contributed by atoms with Gasteiger partial charge in [-0.25, -0.2) is 0 Å². The van der Waals surface area contributed by atoms with Gasteiger partial charge in [0.15, 0.2) is 0 Å². The second kappa shape index (κ2) is 5.20. The monoisotopic (exact) mass is 351 g/mol. The summed E-state index contributed by atoms with van der Waals surface area (Å²) in [7, 11) is 0. The molecule has 1 aromatic rings. The van der Waals surface area contributed by atoms with E-state index >= 15 is 0 Å². The van der Waals surface area contributed by atoms with Gasteiger partial charge in [-0.3, -0.25) is 0 Å². The lowest BCUT2D eigenvalue weighted by Crippen LogP contribution is -2.39. The first-order valence-corrected chi connectivity index (χ1v) is 7.50. The van der Waals surface area contributed by atoms with Crippen molar-refractivity contribution in [3.05, 3.63) is 26.1 Å². The Morgan fingerprint density at radius 3 is 2.78 bits per heavy atom. The normalized spacial score (nSPS) is 21.3. The molecule has 1 atom stereocenters. The van der Waals surface area contributed by atoms with Gasteiger partial charge in [0.1, 0.15) is 11.4 Å². The third-order valence-corrected chi connectivity index (χ3v) is 4.58. The summed E-state index contributed by atoms with van der Waals surface area (Å²) in [5.74, 6) is 0.701. The third-order valence-electron chi connectivity index (χ3n) is 3.03. The molecule has 0 aromatic heterocycles. The lowest BCUT2D eigenvalue weighted by molar-refractivity contribution is 0.0666. The van der Waals surface area contributed by atoms with Gasteiger partial charge in [0.2, 0.25) is 0 Å². The Labute approximate surface area is 126 Å². The molecule has 2 nitrogen and oxygen atoms in total. The van der Waals surface area contributed by atoms with Crippen LogP contribution in [-0.2, 0) is 0 Å². The molecule has 1 heterocycles. The van der Waals surface area contributed by atoms with Crippen molar-refractivity contribution in [1.29, 1.82) is 0 Å². The maximum absolute atomic E-state index is 6.38. The molecule has 0 saturated heterocycles. The van der Waals surface area contributed by atoms with Crippen LogP contribution in [0.1, 0.15) is 38.8 Å². The van der Waals surface area contributed by atoms with E-state index in [0.29, 0.717) is 15.8 Å². The number of rotatable bonds is 2. The molecule has 1 aliphatic heterocycles. The van der Waals surface area contributed by atoms with Crippen LogP contribution in [-0.4, -0.2) is 12.1 Å². The fourth-order valence-electron chi connectivity index (χ4n) is 2.34. The Hall–Kier alpha value is 0.0400. The van der Waals surface area contributed by atoms with Crippen molar-refractivity contribution in [1.82, 2.24) is 5.32 Å². The molecule has 1 aromatic carbocycles. The molecule has 2 rings (SSSR count). The molecule has 0 aliphatic carbocycles. The zero-order valence-corrected chi connectivity index (χ0v) is 13.7. The number of nitrogens with one attached hydrogen (secondary N) is 1. The van der Waals surface area contributed by atoms with E-state index in [2.05, 4.69) is 42.0 Å². The van der Waals surface area contributed by atoms with E-state index in [1.807, 2.05) is 0 Å². The molecular formula is C13H16BrCl2NO. The van der Waals surface area contributed by atoms with E-state index in [9.17, 15) is 0 Å². The Bertz CT molecular complexity index is 477. The second-order valence-corrected chi connectivity index (χ2v) is 6.71. The van der Waals surface area contributed by atoms with Crippen molar-refractivity contribution < 1.29 is 4.74 Å². The van der Waals surface area contributed by atoms with Crippen LogP contribution in [0.15, 0.2) is 10.5 Å². The summed E-state index contributed by atoms with van der Waals surface area (Å²) in [6, 6.07) is 1.95. The van der Waals surface area contributed by atoms with Crippen LogP contribution in [0.5, 0.6) is 5.75 Å². The zero-order valence-electron chi connectivity index (χ0n) is 10.6. The first-order valence-electron chi connectivity index (χ1n) is 5.95. The quantitative estimate of drug-likeness (QED) is 0.759. The fraction of sp³-hybridized carbons (Fsp3) is 0.538. The summed E-state index contributed by atoms with van der Waals surface area (Å²) in [6.45, 7) is 7.08. The van der Waals surface area contributed by atoms with Gasteiger partial charge >= 0.3 is 0 Å². The molecule has 0 radical (unpaired) electrons. The van der Waals surface area contributed by atoms with Gasteiger partial charge in [-0.05, 0) is 42.4 Å². The van der Waals surface area contributed by atoms with Crippen molar-refractivity contribution in [2.75, 3.05) is 6.54 Å². The number of hydrogen-bond donors (Lipinski definition) is 1. The first-order chi connectivity index (χ1) is 8.35. The van der Waals surface area contributed by atoms with Crippen molar-refractivity contribution in [2.24, 2.45) is 0 Å². The molecule has 0 amide bonds. The molecule has 0 bridgehead atoms. The highest BCUT2D eigenvalue weighted by atomic mass is 79.9. The predicted octanol–water partition coefficient (Wildman–Crippen LogP) is 4.97. The van der Waals surface area contributed by atoms with E-state index in [4.69, 9.17) is 27.9 Å². The Morgan fingerprint density at radius 1 is 1.50 bits per heavy atom. The lowest BCUT2D eigenvalue weighted by Gasteiger charge is -2.39. The summed E-state index contributed by atoms with van der Waals surface area (Å²) in [6.07, 6.45) is 0.861. The SMILES string of the molecule is CCNC1CC(C)(C)Oc2c(Cl)cc(Br)c(Cl)c21. The highest BCUT2D eigenvalue weighted by Gasteiger charge is 2.36.